The number of nitrogens with zero attached hydrogens (tertiary/aromatic N) is 3. The molecule has 0 amide bonds. The van der Waals surface area contributed by atoms with Crippen LogP contribution in [0.4, 0.5) is 5.69 Å². The fourth-order valence-corrected chi connectivity index (χ4v) is 1.01. The molecule has 0 atom stereocenters. The molecule has 0 unspecified atom stereocenters. The van der Waals surface area contributed by atoms with Crippen LogP contribution in [0.2, 0.25) is 0 Å². The average Bonchev–Trinajstić information content (AvgIpc) is 2.35. The Labute approximate surface area is 103 Å². The molecular formula is C10H10ClN3O3. The lowest BCUT2D eigenvalue weighted by atomic mass is 10.3. The summed E-state index contributed by atoms with van der Waals surface area (Å²) in [6, 6.07) is 8.31. The summed E-state index contributed by atoms with van der Waals surface area (Å²) >= 11 is 5.50. The molecule has 0 spiro atoms. The van der Waals surface area contributed by atoms with Crippen molar-refractivity contribution in [3.05, 3.63) is 35.5 Å². The van der Waals surface area contributed by atoms with Crippen LogP contribution in [0.5, 0.6) is 0 Å². The molecule has 0 aliphatic rings. The molecule has 0 N–H and O–H groups in total. The van der Waals surface area contributed by atoms with E-state index in [1.54, 1.807) is 30.3 Å². The summed E-state index contributed by atoms with van der Waals surface area (Å²) in [6.45, 7) is 1.18. The predicted molar refractivity (Wildman–Crippen MR) is 62.1 cm³/mol. The number of para-hydroxylation sites is 1. The number of amidine groups is 1. The third kappa shape index (κ3) is 4.60. The number of carbonyl (C=O) groups excluding carboxylic acids is 1. The summed E-state index contributed by atoms with van der Waals surface area (Å²) in [7, 11) is 0. The van der Waals surface area contributed by atoms with E-state index in [2.05, 4.69) is 15.1 Å². The largest absolute Gasteiger partial charge is 0.594 e. The second kappa shape index (κ2) is 6.59. The van der Waals surface area contributed by atoms with E-state index in [4.69, 9.17) is 11.6 Å². The molecule has 1 aromatic rings. The lowest BCUT2D eigenvalue weighted by Crippen LogP contribution is -2.04. The standard InChI is InChI=1S/C10H10ClN3O3/c1-8(15)17-13-10(7-11)12-14(16)9-5-3-2-4-6-9/h2-6H,7H2,1H3/b13-10+,14-12?. The van der Waals surface area contributed by atoms with Gasteiger partial charge in [-0.2, -0.15) is 0 Å². The van der Waals surface area contributed by atoms with E-state index in [1.807, 2.05) is 0 Å². The Morgan fingerprint density at radius 3 is 2.65 bits per heavy atom. The Balaban J connectivity index is 2.85. The van der Waals surface area contributed by atoms with Gasteiger partial charge < -0.3 is 10.0 Å². The molecule has 0 saturated heterocycles. The second-order valence-electron chi connectivity index (χ2n) is 2.93. The highest BCUT2D eigenvalue weighted by Gasteiger charge is 2.06. The lowest BCUT2D eigenvalue weighted by Gasteiger charge is -1.99. The number of carbonyl (C=O) groups is 1. The minimum atomic E-state index is -0.611. The molecule has 0 aliphatic heterocycles. The van der Waals surface area contributed by atoms with Crippen molar-refractivity contribution in [1.29, 1.82) is 0 Å². The fraction of sp³-hybridized carbons (Fsp3) is 0.200. The van der Waals surface area contributed by atoms with Gasteiger partial charge in [-0.15, -0.1) is 11.6 Å². The van der Waals surface area contributed by atoms with Gasteiger partial charge in [0.1, 0.15) is 0 Å². The molecule has 1 rings (SSSR count). The van der Waals surface area contributed by atoms with E-state index in [-0.39, 0.29) is 11.7 Å². The van der Waals surface area contributed by atoms with Gasteiger partial charge in [-0.25, -0.2) is 4.79 Å². The van der Waals surface area contributed by atoms with Gasteiger partial charge in [0.15, 0.2) is 0 Å². The van der Waals surface area contributed by atoms with Crippen molar-refractivity contribution in [3.63, 3.8) is 0 Å². The molecule has 0 fully saturated rings. The molecule has 0 aromatic heterocycles. The molecule has 0 aliphatic carbocycles. The van der Waals surface area contributed by atoms with Gasteiger partial charge in [0.25, 0.3) is 5.84 Å². The third-order valence-corrected chi connectivity index (χ3v) is 1.82. The van der Waals surface area contributed by atoms with Crippen molar-refractivity contribution in [2.45, 2.75) is 6.92 Å². The molecule has 0 heterocycles. The monoisotopic (exact) mass is 255 g/mol. The zero-order chi connectivity index (χ0) is 12.7. The van der Waals surface area contributed by atoms with Crippen molar-refractivity contribution in [1.82, 2.24) is 0 Å². The van der Waals surface area contributed by atoms with Gasteiger partial charge in [0, 0.05) is 24.2 Å². The molecule has 1 aromatic carbocycles. The first-order valence-electron chi connectivity index (χ1n) is 4.68. The number of oxime groups is 1. The number of azo groups is 1. The summed E-state index contributed by atoms with van der Waals surface area (Å²) in [5, 5.41) is 18.4. The topological polar surface area (TPSA) is 77.1 Å². The summed E-state index contributed by atoms with van der Waals surface area (Å²) in [6.07, 6.45) is 0. The van der Waals surface area contributed by atoms with Gasteiger partial charge in [-0.1, -0.05) is 23.4 Å². The highest BCUT2D eigenvalue weighted by Crippen LogP contribution is 2.09. The van der Waals surface area contributed by atoms with Crippen molar-refractivity contribution in [2.24, 2.45) is 10.3 Å². The van der Waals surface area contributed by atoms with Gasteiger partial charge in [-0.05, 0) is 4.86 Å². The number of halogens is 1. The maximum atomic E-state index is 11.5. The lowest BCUT2D eigenvalue weighted by molar-refractivity contribution is -0.433. The number of alkyl halides is 1. The van der Waals surface area contributed by atoms with Crippen molar-refractivity contribution < 1.29 is 14.5 Å². The molecule has 0 saturated carbocycles. The van der Waals surface area contributed by atoms with Crippen LogP contribution in [0.15, 0.2) is 40.6 Å². The summed E-state index contributed by atoms with van der Waals surface area (Å²) in [5.41, 5.74) is 0.327. The van der Waals surface area contributed by atoms with Crippen LogP contribution in [0, 0.1) is 5.21 Å². The SMILES string of the molecule is CC(=O)O/N=C(\CCl)N=[N+]([O-])c1ccccc1. The molecule has 0 bridgehead atoms. The second-order valence-corrected chi connectivity index (χ2v) is 3.20. The molecule has 90 valence electrons. The van der Waals surface area contributed by atoms with Gasteiger partial charge in [0.05, 0.1) is 5.88 Å². The van der Waals surface area contributed by atoms with E-state index in [0.717, 1.165) is 0 Å². The van der Waals surface area contributed by atoms with Gasteiger partial charge >= 0.3 is 5.97 Å². The number of hydrogen-bond donors (Lipinski definition) is 0. The quantitative estimate of drug-likeness (QED) is 0.158. The minimum absolute atomic E-state index is 0.0827. The minimum Gasteiger partial charge on any atom is -0.594 e. The Morgan fingerprint density at radius 2 is 2.12 bits per heavy atom. The zero-order valence-electron chi connectivity index (χ0n) is 9.04. The van der Waals surface area contributed by atoms with Crippen LogP contribution >= 0.6 is 11.6 Å². The van der Waals surface area contributed by atoms with Crippen LogP contribution in [0.1, 0.15) is 6.92 Å². The Bertz CT molecular complexity index is 445. The van der Waals surface area contributed by atoms with Crippen LogP contribution in [0.25, 0.3) is 0 Å². The molecule has 7 heteroatoms. The van der Waals surface area contributed by atoms with Crippen LogP contribution in [-0.2, 0) is 9.63 Å². The van der Waals surface area contributed by atoms with Crippen molar-refractivity contribution in [2.75, 3.05) is 5.88 Å². The normalized spacial score (nSPS) is 12.4. The maximum Gasteiger partial charge on any atom is 0.332 e. The molecule has 0 radical (unpaired) electrons. The first kappa shape index (κ1) is 13.1. The first-order valence-corrected chi connectivity index (χ1v) is 5.21. The van der Waals surface area contributed by atoms with Crippen LogP contribution < -0.4 is 0 Å². The van der Waals surface area contributed by atoms with Gasteiger partial charge in [-0.3, -0.25) is 0 Å². The van der Waals surface area contributed by atoms with E-state index < -0.39 is 5.97 Å². The first-order chi connectivity index (χ1) is 8.13. The zero-order valence-corrected chi connectivity index (χ0v) is 9.79. The average molecular weight is 256 g/mol. The van der Waals surface area contributed by atoms with E-state index in [1.165, 1.54) is 6.92 Å². The van der Waals surface area contributed by atoms with E-state index >= 15 is 0 Å². The van der Waals surface area contributed by atoms with E-state index in [9.17, 15) is 10.0 Å². The summed E-state index contributed by atoms with van der Waals surface area (Å²) in [4.78, 5) is 15.2. The van der Waals surface area contributed by atoms with E-state index in [0.29, 0.717) is 10.5 Å². The van der Waals surface area contributed by atoms with Crippen molar-refractivity contribution in [3.8, 4) is 0 Å². The predicted octanol–water partition coefficient (Wildman–Crippen LogP) is 2.40. The Kier molecular flexibility index (Phi) is 5.09. The fourth-order valence-electron chi connectivity index (χ4n) is 0.904. The maximum absolute atomic E-state index is 11.5. The highest BCUT2D eigenvalue weighted by molar-refractivity contribution is 6.28. The third-order valence-electron chi connectivity index (χ3n) is 1.58. The van der Waals surface area contributed by atoms with Crippen molar-refractivity contribution >= 4 is 29.1 Å². The highest BCUT2D eigenvalue weighted by atomic mass is 35.5. The number of benzene rings is 1. The Hall–Kier alpha value is -1.95. The smallest absolute Gasteiger partial charge is 0.332 e. The molecule has 17 heavy (non-hydrogen) atoms. The Morgan fingerprint density at radius 1 is 1.47 bits per heavy atom. The summed E-state index contributed by atoms with van der Waals surface area (Å²) < 4.78 is 0. The molecule has 6 nitrogen and oxygen atoms in total. The van der Waals surface area contributed by atoms with Crippen LogP contribution in [0.3, 0.4) is 0 Å². The number of rotatable bonds is 3. The van der Waals surface area contributed by atoms with Crippen LogP contribution in [-0.4, -0.2) is 22.5 Å². The molecular weight excluding hydrogens is 246 g/mol. The van der Waals surface area contributed by atoms with Gasteiger partial charge in [0.2, 0.25) is 5.69 Å². The number of hydrogen-bond acceptors (Lipinski definition) is 4. The summed E-state index contributed by atoms with van der Waals surface area (Å²) in [5.74, 6) is -0.834.